The molecule has 4 nitrogen and oxygen atoms in total. The fourth-order valence-electron chi connectivity index (χ4n) is 2.18. The van der Waals surface area contributed by atoms with Gasteiger partial charge < -0.3 is 10.1 Å². The van der Waals surface area contributed by atoms with Crippen LogP contribution in [0, 0.1) is 13.8 Å². The summed E-state index contributed by atoms with van der Waals surface area (Å²) in [6.07, 6.45) is 0.578. The number of carbonyl (C=O) groups is 2. The molecule has 0 saturated heterocycles. The van der Waals surface area contributed by atoms with Crippen LogP contribution in [0.25, 0.3) is 0 Å². The van der Waals surface area contributed by atoms with Crippen molar-refractivity contribution in [2.45, 2.75) is 20.3 Å². The molecule has 0 heterocycles. The third-order valence-corrected chi connectivity index (χ3v) is 3.37. The van der Waals surface area contributed by atoms with E-state index in [0.29, 0.717) is 24.1 Å². The maximum Gasteiger partial charge on any atom is 0.338 e. The molecule has 0 aliphatic heterocycles. The number of aryl methyl sites for hydroxylation is 2. The second-order valence-corrected chi connectivity index (χ2v) is 5.48. The monoisotopic (exact) mass is 311 g/mol. The van der Waals surface area contributed by atoms with Crippen LogP contribution >= 0.6 is 0 Å². The van der Waals surface area contributed by atoms with E-state index in [2.05, 4.69) is 5.32 Å². The lowest BCUT2D eigenvalue weighted by Gasteiger charge is -2.07. The molecule has 0 atom stereocenters. The van der Waals surface area contributed by atoms with E-state index in [1.807, 2.05) is 44.2 Å². The number of carbonyl (C=O) groups excluding carboxylic acids is 2. The van der Waals surface area contributed by atoms with Gasteiger partial charge in [0.15, 0.2) is 0 Å². The van der Waals surface area contributed by atoms with E-state index in [1.54, 1.807) is 18.2 Å². The minimum Gasteiger partial charge on any atom is -0.462 e. The summed E-state index contributed by atoms with van der Waals surface area (Å²) in [5.41, 5.74) is 3.25. The number of hydrogen-bond donors (Lipinski definition) is 1. The predicted octanol–water partition coefficient (Wildman–Crippen LogP) is 3.28. The van der Waals surface area contributed by atoms with Crippen LogP contribution in [0.15, 0.2) is 48.5 Å². The van der Waals surface area contributed by atoms with Gasteiger partial charge >= 0.3 is 5.97 Å². The highest BCUT2D eigenvalue weighted by Crippen LogP contribution is 2.06. The summed E-state index contributed by atoms with van der Waals surface area (Å²) in [6.45, 7) is 4.62. The van der Waals surface area contributed by atoms with Crippen molar-refractivity contribution in [3.8, 4) is 0 Å². The Morgan fingerprint density at radius 1 is 0.957 bits per heavy atom. The lowest BCUT2D eigenvalue weighted by molar-refractivity contribution is 0.0501. The number of nitrogens with one attached hydrogen (secondary N) is 1. The van der Waals surface area contributed by atoms with Crippen LogP contribution in [-0.2, 0) is 4.74 Å². The fraction of sp³-hybridized carbons (Fsp3) is 0.263. The minimum atomic E-state index is -0.335. The second kappa shape index (κ2) is 8.13. The first-order valence-electron chi connectivity index (χ1n) is 7.65. The van der Waals surface area contributed by atoms with Crippen LogP contribution in [0.4, 0.5) is 0 Å². The van der Waals surface area contributed by atoms with Crippen LogP contribution in [0.5, 0.6) is 0 Å². The molecular formula is C19H21NO3. The molecule has 0 spiro atoms. The molecule has 1 N–H and O–H groups in total. The molecule has 0 aliphatic carbocycles. The van der Waals surface area contributed by atoms with E-state index in [9.17, 15) is 9.59 Å². The van der Waals surface area contributed by atoms with Gasteiger partial charge in [-0.2, -0.15) is 0 Å². The zero-order valence-corrected chi connectivity index (χ0v) is 13.5. The molecule has 0 radical (unpaired) electrons. The molecule has 0 saturated carbocycles. The smallest absolute Gasteiger partial charge is 0.338 e. The molecule has 0 aromatic heterocycles. The topological polar surface area (TPSA) is 55.4 Å². The number of rotatable bonds is 6. The third-order valence-electron chi connectivity index (χ3n) is 3.37. The molecule has 1 amide bonds. The van der Waals surface area contributed by atoms with Gasteiger partial charge in [-0.15, -0.1) is 0 Å². The highest BCUT2D eigenvalue weighted by atomic mass is 16.5. The van der Waals surface area contributed by atoms with Crippen molar-refractivity contribution < 1.29 is 14.3 Å². The van der Waals surface area contributed by atoms with Crippen LogP contribution < -0.4 is 5.32 Å². The van der Waals surface area contributed by atoms with Gasteiger partial charge in [0.2, 0.25) is 0 Å². The number of benzene rings is 2. The van der Waals surface area contributed by atoms with Crippen molar-refractivity contribution in [2.75, 3.05) is 13.2 Å². The minimum absolute atomic E-state index is 0.112. The van der Waals surface area contributed by atoms with Gasteiger partial charge in [-0.3, -0.25) is 4.79 Å². The zero-order chi connectivity index (χ0) is 16.7. The Bertz CT molecular complexity index is 635. The quantitative estimate of drug-likeness (QED) is 0.658. The summed E-state index contributed by atoms with van der Waals surface area (Å²) >= 11 is 0. The Hall–Kier alpha value is -2.62. The predicted molar refractivity (Wildman–Crippen MR) is 89.6 cm³/mol. The van der Waals surface area contributed by atoms with E-state index in [-0.39, 0.29) is 18.5 Å². The first kappa shape index (κ1) is 16.7. The Kier molecular flexibility index (Phi) is 5.92. The van der Waals surface area contributed by atoms with Crippen molar-refractivity contribution >= 4 is 11.9 Å². The van der Waals surface area contributed by atoms with Crippen molar-refractivity contribution in [1.82, 2.24) is 5.32 Å². The zero-order valence-electron chi connectivity index (χ0n) is 13.5. The van der Waals surface area contributed by atoms with Crippen LogP contribution in [-0.4, -0.2) is 25.0 Å². The summed E-state index contributed by atoms with van der Waals surface area (Å²) in [5.74, 6) is -0.447. The standard InChI is InChI=1S/C19H21NO3/c1-14-6-3-8-16(12-14)18(21)20-10-5-11-23-19(22)17-9-4-7-15(2)13-17/h3-4,6-9,12-13H,5,10-11H2,1-2H3,(H,20,21). The Balaban J connectivity index is 1.69. The summed E-state index contributed by atoms with van der Waals surface area (Å²) < 4.78 is 5.20. The summed E-state index contributed by atoms with van der Waals surface area (Å²) in [7, 11) is 0. The van der Waals surface area contributed by atoms with Gasteiger partial charge in [-0.1, -0.05) is 35.4 Å². The summed E-state index contributed by atoms with van der Waals surface area (Å²) in [5, 5.41) is 2.82. The van der Waals surface area contributed by atoms with Crippen molar-refractivity contribution in [1.29, 1.82) is 0 Å². The number of ether oxygens (including phenoxy) is 1. The van der Waals surface area contributed by atoms with Crippen molar-refractivity contribution in [2.24, 2.45) is 0 Å². The normalized spacial score (nSPS) is 10.2. The van der Waals surface area contributed by atoms with Crippen molar-refractivity contribution in [3.63, 3.8) is 0 Å². The molecule has 2 aromatic carbocycles. The Morgan fingerprint density at radius 2 is 1.57 bits per heavy atom. The number of esters is 1. The van der Waals surface area contributed by atoms with Crippen LogP contribution in [0.3, 0.4) is 0 Å². The first-order chi connectivity index (χ1) is 11.1. The Labute approximate surface area is 136 Å². The van der Waals surface area contributed by atoms with Gasteiger partial charge in [0.05, 0.1) is 12.2 Å². The molecule has 0 unspecified atom stereocenters. The van der Waals surface area contributed by atoms with Gasteiger partial charge in [0, 0.05) is 12.1 Å². The molecule has 0 fully saturated rings. The summed E-state index contributed by atoms with van der Waals surface area (Å²) in [6, 6.07) is 14.7. The van der Waals surface area contributed by atoms with E-state index in [4.69, 9.17) is 4.74 Å². The number of hydrogen-bond acceptors (Lipinski definition) is 3. The molecule has 0 aliphatic rings. The highest BCUT2D eigenvalue weighted by Gasteiger charge is 2.07. The average molecular weight is 311 g/mol. The van der Waals surface area contributed by atoms with E-state index < -0.39 is 0 Å². The van der Waals surface area contributed by atoms with Crippen LogP contribution in [0.1, 0.15) is 38.3 Å². The van der Waals surface area contributed by atoms with E-state index >= 15 is 0 Å². The van der Waals surface area contributed by atoms with E-state index in [0.717, 1.165) is 11.1 Å². The molecular weight excluding hydrogens is 290 g/mol. The summed E-state index contributed by atoms with van der Waals surface area (Å²) in [4.78, 5) is 23.8. The number of amides is 1. The molecule has 120 valence electrons. The molecule has 4 heteroatoms. The largest absolute Gasteiger partial charge is 0.462 e. The molecule has 2 aromatic rings. The molecule has 2 rings (SSSR count). The second-order valence-electron chi connectivity index (χ2n) is 5.48. The SMILES string of the molecule is Cc1cccc(C(=O)NCCCOC(=O)c2cccc(C)c2)c1. The average Bonchev–Trinajstić information content (AvgIpc) is 2.54. The first-order valence-corrected chi connectivity index (χ1v) is 7.65. The van der Waals surface area contributed by atoms with E-state index in [1.165, 1.54) is 0 Å². The molecule has 23 heavy (non-hydrogen) atoms. The highest BCUT2D eigenvalue weighted by molar-refractivity contribution is 5.94. The third kappa shape index (κ3) is 5.25. The maximum atomic E-state index is 11.9. The van der Waals surface area contributed by atoms with Gasteiger partial charge in [-0.05, 0) is 44.5 Å². The lowest BCUT2D eigenvalue weighted by atomic mass is 10.1. The maximum absolute atomic E-state index is 11.9. The van der Waals surface area contributed by atoms with Gasteiger partial charge in [-0.25, -0.2) is 4.79 Å². The lowest BCUT2D eigenvalue weighted by Crippen LogP contribution is -2.25. The van der Waals surface area contributed by atoms with Gasteiger partial charge in [0.25, 0.3) is 5.91 Å². The fourth-order valence-corrected chi connectivity index (χ4v) is 2.18. The Morgan fingerprint density at radius 3 is 2.22 bits per heavy atom. The van der Waals surface area contributed by atoms with Gasteiger partial charge in [0.1, 0.15) is 0 Å². The molecule has 0 bridgehead atoms. The van der Waals surface area contributed by atoms with Crippen molar-refractivity contribution in [3.05, 3.63) is 70.8 Å². The van der Waals surface area contributed by atoms with Crippen LogP contribution in [0.2, 0.25) is 0 Å².